The second-order valence-electron chi connectivity index (χ2n) is 4.50. The van der Waals surface area contributed by atoms with E-state index in [0.29, 0.717) is 6.04 Å². The second-order valence-corrected chi connectivity index (χ2v) is 5.65. The van der Waals surface area contributed by atoms with Gasteiger partial charge in [0, 0.05) is 55.5 Å². The SMILES string of the molecule is Cn1cc([C@H]2CSCCN2Cc2ccon2)cn1. The van der Waals surface area contributed by atoms with Crippen molar-refractivity contribution in [3.05, 3.63) is 36.0 Å². The molecule has 1 saturated heterocycles. The lowest BCUT2D eigenvalue weighted by atomic mass is 10.1. The van der Waals surface area contributed by atoms with Crippen molar-refractivity contribution in [1.29, 1.82) is 0 Å². The first-order valence-electron chi connectivity index (χ1n) is 6.02. The summed E-state index contributed by atoms with van der Waals surface area (Å²) in [6, 6.07) is 2.36. The van der Waals surface area contributed by atoms with Crippen molar-refractivity contribution in [3.63, 3.8) is 0 Å². The number of nitrogens with zero attached hydrogens (tertiary/aromatic N) is 4. The van der Waals surface area contributed by atoms with Crippen LogP contribution in [-0.4, -0.2) is 37.9 Å². The van der Waals surface area contributed by atoms with Gasteiger partial charge in [-0.05, 0) is 0 Å². The molecule has 3 rings (SSSR count). The van der Waals surface area contributed by atoms with Crippen molar-refractivity contribution in [2.45, 2.75) is 12.6 Å². The molecule has 0 aromatic carbocycles. The van der Waals surface area contributed by atoms with Crippen LogP contribution in [-0.2, 0) is 13.6 Å². The van der Waals surface area contributed by atoms with Crippen LogP contribution in [0, 0.1) is 0 Å². The fourth-order valence-corrected chi connectivity index (χ4v) is 3.43. The minimum Gasteiger partial charge on any atom is -0.364 e. The summed E-state index contributed by atoms with van der Waals surface area (Å²) in [6.45, 7) is 1.92. The van der Waals surface area contributed by atoms with Crippen LogP contribution in [0.1, 0.15) is 17.3 Å². The first-order chi connectivity index (χ1) is 8.83. The molecule has 3 heterocycles. The zero-order valence-electron chi connectivity index (χ0n) is 10.3. The van der Waals surface area contributed by atoms with Gasteiger partial charge in [0.1, 0.15) is 6.26 Å². The Morgan fingerprint density at radius 2 is 2.50 bits per heavy atom. The van der Waals surface area contributed by atoms with Gasteiger partial charge in [0.15, 0.2) is 0 Å². The molecule has 1 aliphatic heterocycles. The van der Waals surface area contributed by atoms with Crippen LogP contribution in [0.15, 0.2) is 29.2 Å². The molecule has 0 amide bonds. The molecule has 0 bridgehead atoms. The third-order valence-corrected chi connectivity index (χ3v) is 4.23. The molecule has 5 nitrogen and oxygen atoms in total. The predicted molar refractivity (Wildman–Crippen MR) is 70.2 cm³/mol. The fourth-order valence-electron chi connectivity index (χ4n) is 2.27. The van der Waals surface area contributed by atoms with Crippen molar-refractivity contribution < 1.29 is 4.52 Å². The summed E-state index contributed by atoms with van der Waals surface area (Å²) in [4.78, 5) is 2.45. The largest absolute Gasteiger partial charge is 0.364 e. The molecule has 0 spiro atoms. The van der Waals surface area contributed by atoms with Crippen LogP contribution in [0.25, 0.3) is 0 Å². The maximum absolute atomic E-state index is 4.90. The van der Waals surface area contributed by atoms with Crippen LogP contribution in [0.4, 0.5) is 0 Å². The molecule has 18 heavy (non-hydrogen) atoms. The molecule has 96 valence electrons. The van der Waals surface area contributed by atoms with E-state index in [9.17, 15) is 0 Å². The average Bonchev–Trinajstić information content (AvgIpc) is 3.02. The second kappa shape index (κ2) is 5.16. The molecule has 1 fully saturated rings. The molecule has 6 heteroatoms. The molecule has 0 aliphatic carbocycles. The number of hydrogen-bond acceptors (Lipinski definition) is 5. The summed E-state index contributed by atoms with van der Waals surface area (Å²) in [5.41, 5.74) is 2.28. The normalized spacial score (nSPS) is 21.3. The maximum atomic E-state index is 4.90. The van der Waals surface area contributed by atoms with Gasteiger partial charge in [0.05, 0.1) is 11.9 Å². The number of aryl methyl sites for hydroxylation is 1. The molecule has 0 unspecified atom stereocenters. The summed E-state index contributed by atoms with van der Waals surface area (Å²) in [5, 5.41) is 8.27. The molecule has 2 aromatic heterocycles. The van der Waals surface area contributed by atoms with Gasteiger partial charge in [-0.2, -0.15) is 16.9 Å². The molecule has 2 aromatic rings. The van der Waals surface area contributed by atoms with E-state index in [0.717, 1.165) is 24.5 Å². The number of thioether (sulfide) groups is 1. The van der Waals surface area contributed by atoms with E-state index in [4.69, 9.17) is 4.52 Å². The zero-order valence-corrected chi connectivity index (χ0v) is 11.1. The van der Waals surface area contributed by atoms with Gasteiger partial charge in [0.25, 0.3) is 0 Å². The van der Waals surface area contributed by atoms with Gasteiger partial charge in [-0.15, -0.1) is 0 Å². The molecular formula is C12H16N4OS. The van der Waals surface area contributed by atoms with Gasteiger partial charge in [0.2, 0.25) is 0 Å². The van der Waals surface area contributed by atoms with E-state index in [-0.39, 0.29) is 0 Å². The summed E-state index contributed by atoms with van der Waals surface area (Å²) < 4.78 is 6.77. The van der Waals surface area contributed by atoms with Crippen LogP contribution in [0.5, 0.6) is 0 Å². The van der Waals surface area contributed by atoms with Crippen LogP contribution >= 0.6 is 11.8 Å². The Hall–Kier alpha value is -1.27. The van der Waals surface area contributed by atoms with E-state index >= 15 is 0 Å². The van der Waals surface area contributed by atoms with Crippen molar-refractivity contribution in [2.24, 2.45) is 7.05 Å². The highest BCUT2D eigenvalue weighted by Crippen LogP contribution is 2.30. The third-order valence-electron chi connectivity index (χ3n) is 3.21. The van der Waals surface area contributed by atoms with E-state index in [1.165, 1.54) is 11.3 Å². The lowest BCUT2D eigenvalue weighted by Crippen LogP contribution is -2.35. The predicted octanol–water partition coefficient (Wildman–Crippen LogP) is 1.70. The molecule has 1 aliphatic rings. The van der Waals surface area contributed by atoms with E-state index < -0.39 is 0 Å². The Morgan fingerprint density at radius 1 is 1.56 bits per heavy atom. The Bertz CT molecular complexity index is 496. The van der Waals surface area contributed by atoms with Crippen LogP contribution in [0.2, 0.25) is 0 Å². The summed E-state index contributed by atoms with van der Waals surface area (Å²) in [7, 11) is 1.96. The number of rotatable bonds is 3. The lowest BCUT2D eigenvalue weighted by Gasteiger charge is -2.34. The summed E-state index contributed by atoms with van der Waals surface area (Å²) in [6.07, 6.45) is 5.70. The number of aromatic nitrogens is 3. The van der Waals surface area contributed by atoms with E-state index in [1.807, 2.05) is 35.8 Å². The smallest absolute Gasteiger partial charge is 0.124 e. The average molecular weight is 264 g/mol. The van der Waals surface area contributed by atoms with Gasteiger partial charge in [-0.1, -0.05) is 5.16 Å². The Balaban J connectivity index is 1.77. The quantitative estimate of drug-likeness (QED) is 0.844. The van der Waals surface area contributed by atoms with Gasteiger partial charge in [-0.25, -0.2) is 0 Å². The summed E-state index contributed by atoms with van der Waals surface area (Å²) in [5.74, 6) is 2.29. The Kier molecular flexibility index (Phi) is 3.38. The third kappa shape index (κ3) is 2.44. The standard InChI is InChI=1S/C12H16N4OS/c1-15-7-10(6-13-15)12-9-18-5-3-16(12)8-11-2-4-17-14-11/h2,4,6-7,12H,3,5,8-9H2,1H3/t12-/m1/s1. The van der Waals surface area contributed by atoms with Crippen LogP contribution in [0.3, 0.4) is 0 Å². The highest BCUT2D eigenvalue weighted by atomic mass is 32.2. The maximum Gasteiger partial charge on any atom is 0.124 e. The Morgan fingerprint density at radius 3 is 3.22 bits per heavy atom. The van der Waals surface area contributed by atoms with Crippen molar-refractivity contribution in [1.82, 2.24) is 19.8 Å². The molecule has 0 N–H and O–H groups in total. The Labute approximate surface area is 110 Å². The topological polar surface area (TPSA) is 47.1 Å². The highest BCUT2D eigenvalue weighted by Gasteiger charge is 2.25. The first-order valence-corrected chi connectivity index (χ1v) is 7.18. The first kappa shape index (κ1) is 11.8. The zero-order chi connectivity index (χ0) is 12.4. The lowest BCUT2D eigenvalue weighted by molar-refractivity contribution is 0.206. The molecule has 0 saturated carbocycles. The van der Waals surface area contributed by atoms with Gasteiger partial charge >= 0.3 is 0 Å². The van der Waals surface area contributed by atoms with E-state index in [2.05, 4.69) is 21.4 Å². The minimum absolute atomic E-state index is 0.425. The minimum atomic E-state index is 0.425. The van der Waals surface area contributed by atoms with Crippen molar-refractivity contribution in [3.8, 4) is 0 Å². The van der Waals surface area contributed by atoms with Crippen molar-refractivity contribution >= 4 is 11.8 Å². The van der Waals surface area contributed by atoms with Gasteiger partial charge in [-0.3, -0.25) is 9.58 Å². The summed E-state index contributed by atoms with van der Waals surface area (Å²) >= 11 is 2.00. The van der Waals surface area contributed by atoms with E-state index in [1.54, 1.807) is 6.26 Å². The monoisotopic (exact) mass is 264 g/mol. The molecular weight excluding hydrogens is 248 g/mol. The van der Waals surface area contributed by atoms with Crippen LogP contribution < -0.4 is 0 Å². The number of hydrogen-bond donors (Lipinski definition) is 0. The van der Waals surface area contributed by atoms with Gasteiger partial charge < -0.3 is 4.52 Å². The van der Waals surface area contributed by atoms with Crippen molar-refractivity contribution in [2.75, 3.05) is 18.1 Å². The molecule has 0 radical (unpaired) electrons. The fraction of sp³-hybridized carbons (Fsp3) is 0.500. The molecule has 1 atom stereocenters. The highest BCUT2D eigenvalue weighted by molar-refractivity contribution is 7.99.